The molecule has 10 nitrogen and oxygen atoms in total. The van der Waals surface area contributed by atoms with E-state index >= 15 is 0 Å². The molecule has 2 aliphatic rings. The topological polar surface area (TPSA) is 132 Å². The summed E-state index contributed by atoms with van der Waals surface area (Å²) in [7, 11) is 1.35. The number of aliphatic hydroxyl groups excluding tert-OH is 1. The van der Waals surface area contributed by atoms with Crippen molar-refractivity contribution in [3.8, 4) is 16.9 Å². The van der Waals surface area contributed by atoms with Crippen LogP contribution in [0.3, 0.4) is 0 Å². The molecule has 0 saturated carbocycles. The highest BCUT2D eigenvalue weighted by Gasteiger charge is 2.41. The molecule has 0 radical (unpaired) electrons. The number of hydrogen-bond acceptors (Lipinski definition) is 8. The molecule has 63 heavy (non-hydrogen) atoms. The van der Waals surface area contributed by atoms with Crippen LogP contribution < -0.4 is 15.4 Å². The predicted molar refractivity (Wildman–Crippen MR) is 242 cm³/mol. The quantitative estimate of drug-likeness (QED) is 0.0688. The zero-order valence-electron chi connectivity index (χ0n) is 35.0. The zero-order valence-corrected chi connectivity index (χ0v) is 35.0. The van der Waals surface area contributed by atoms with Crippen LogP contribution in [0.15, 0.2) is 158 Å². The van der Waals surface area contributed by atoms with Crippen molar-refractivity contribution in [2.45, 2.75) is 49.4 Å². The highest BCUT2D eigenvalue weighted by molar-refractivity contribution is 5.93. The second-order valence-corrected chi connectivity index (χ2v) is 15.6. The van der Waals surface area contributed by atoms with Crippen molar-refractivity contribution >= 4 is 29.7 Å². The lowest BCUT2D eigenvalue weighted by atomic mass is 9.77. The number of aliphatic hydroxyl groups is 1. The van der Waals surface area contributed by atoms with E-state index in [0.717, 1.165) is 44.5 Å². The molecule has 1 fully saturated rings. The van der Waals surface area contributed by atoms with E-state index in [1.165, 1.54) is 7.11 Å². The number of carbonyl (C=O) groups is 3. The summed E-state index contributed by atoms with van der Waals surface area (Å²) in [5.74, 6) is -1.06. The Labute approximate surface area is 367 Å². The van der Waals surface area contributed by atoms with Gasteiger partial charge < -0.3 is 34.7 Å². The Morgan fingerprint density at radius 1 is 0.762 bits per heavy atom. The molecule has 6 aromatic rings. The van der Waals surface area contributed by atoms with Crippen LogP contribution in [0, 0.1) is 0 Å². The summed E-state index contributed by atoms with van der Waals surface area (Å²) >= 11 is 0. The number of carbonyl (C=O) groups excluding carboxylic acids is 3. The van der Waals surface area contributed by atoms with Crippen LogP contribution in [0.1, 0.15) is 76.0 Å². The van der Waals surface area contributed by atoms with Gasteiger partial charge in [-0.25, -0.2) is 9.59 Å². The maximum atomic E-state index is 13.6. The molecular formula is C53H50N2O8. The molecule has 3 atom stereocenters. The minimum atomic E-state index is -0.976. The Kier molecular flexibility index (Phi) is 13.7. The van der Waals surface area contributed by atoms with Crippen molar-refractivity contribution in [2.24, 2.45) is 0 Å². The Hall–Kier alpha value is -7.01. The van der Waals surface area contributed by atoms with Crippen LogP contribution in [0.2, 0.25) is 0 Å². The van der Waals surface area contributed by atoms with Gasteiger partial charge in [-0.1, -0.05) is 152 Å². The number of nitrogens with one attached hydrogen (secondary N) is 2. The molecule has 0 bridgehead atoms. The Morgan fingerprint density at radius 3 is 2.03 bits per heavy atom. The summed E-state index contributed by atoms with van der Waals surface area (Å²) in [5, 5.41) is 15.0. The molecule has 1 heterocycles. The average molecular weight is 843 g/mol. The zero-order chi connectivity index (χ0) is 43.5. The van der Waals surface area contributed by atoms with Crippen molar-refractivity contribution in [3.05, 3.63) is 197 Å². The summed E-state index contributed by atoms with van der Waals surface area (Å²) in [4.78, 5) is 39.7. The molecule has 1 aliphatic carbocycles. The van der Waals surface area contributed by atoms with E-state index in [1.54, 1.807) is 30.4 Å². The normalized spacial score (nSPS) is 16.8. The summed E-state index contributed by atoms with van der Waals surface area (Å²) in [5.41, 5.74) is 9.89. The molecule has 3 N–H and O–H groups in total. The average Bonchev–Trinajstić information content (AvgIpc) is 3.65. The Balaban J connectivity index is 0.937. The number of rotatable bonds is 15. The fourth-order valence-corrected chi connectivity index (χ4v) is 8.81. The lowest BCUT2D eigenvalue weighted by molar-refractivity contribution is -0.188. The van der Waals surface area contributed by atoms with Gasteiger partial charge in [0, 0.05) is 37.1 Å². The van der Waals surface area contributed by atoms with E-state index in [4.69, 9.17) is 18.9 Å². The smallest absolute Gasteiger partial charge is 0.407 e. The summed E-state index contributed by atoms with van der Waals surface area (Å²) in [6.07, 6.45) is 1.83. The first-order valence-corrected chi connectivity index (χ1v) is 21.3. The number of methoxy groups -OCH3 is 1. The van der Waals surface area contributed by atoms with Gasteiger partial charge in [-0.2, -0.15) is 0 Å². The van der Waals surface area contributed by atoms with Crippen LogP contribution in [0.25, 0.3) is 17.2 Å². The van der Waals surface area contributed by atoms with Crippen molar-refractivity contribution in [1.82, 2.24) is 5.32 Å². The van der Waals surface area contributed by atoms with E-state index in [-0.39, 0.29) is 49.8 Å². The molecule has 2 amide bonds. The van der Waals surface area contributed by atoms with Gasteiger partial charge in [0.2, 0.25) is 12.2 Å². The second kappa shape index (κ2) is 20.2. The molecule has 1 aliphatic heterocycles. The SMILES string of the molecule is COC(=O)[C@H]1O[C@@H](Oc2ccc(/C=C/CO)cc2NC(=O)CCNC(=O)OCC2c3ccccc3-c3ccccc32)CC[C@H]1c1ccccc1C(c1ccccc1)c1ccccc1. The predicted octanol–water partition coefficient (Wildman–Crippen LogP) is 9.58. The van der Waals surface area contributed by atoms with Crippen molar-refractivity contribution < 1.29 is 38.4 Å². The third kappa shape index (κ3) is 9.88. The van der Waals surface area contributed by atoms with Gasteiger partial charge in [-0.3, -0.25) is 4.79 Å². The van der Waals surface area contributed by atoms with Gasteiger partial charge in [0.15, 0.2) is 6.10 Å². The number of amides is 2. The molecule has 0 unspecified atom stereocenters. The van der Waals surface area contributed by atoms with Crippen molar-refractivity contribution in [2.75, 3.05) is 32.2 Å². The van der Waals surface area contributed by atoms with Gasteiger partial charge in [0.1, 0.15) is 12.4 Å². The molecule has 320 valence electrons. The maximum absolute atomic E-state index is 13.6. The first-order valence-electron chi connectivity index (χ1n) is 21.3. The van der Waals surface area contributed by atoms with Crippen molar-refractivity contribution in [1.29, 1.82) is 0 Å². The first kappa shape index (κ1) is 42.7. The monoisotopic (exact) mass is 842 g/mol. The fourth-order valence-electron chi connectivity index (χ4n) is 8.81. The molecule has 10 heteroatoms. The minimum Gasteiger partial charge on any atom is -0.467 e. The Bertz CT molecular complexity index is 2470. The molecule has 1 saturated heterocycles. The van der Waals surface area contributed by atoms with Gasteiger partial charge in [-0.05, 0) is 68.6 Å². The number of ether oxygens (including phenoxy) is 4. The van der Waals surface area contributed by atoms with Crippen LogP contribution >= 0.6 is 0 Å². The summed E-state index contributed by atoms with van der Waals surface area (Å²) in [6, 6.07) is 50.3. The van der Waals surface area contributed by atoms with Crippen LogP contribution in [-0.2, 0) is 23.8 Å². The van der Waals surface area contributed by atoms with Gasteiger partial charge in [-0.15, -0.1) is 0 Å². The number of anilines is 1. The lowest BCUT2D eigenvalue weighted by Crippen LogP contribution is -2.42. The van der Waals surface area contributed by atoms with E-state index in [0.29, 0.717) is 29.8 Å². The van der Waals surface area contributed by atoms with E-state index in [1.807, 2.05) is 72.8 Å². The highest BCUT2D eigenvalue weighted by atomic mass is 16.7. The van der Waals surface area contributed by atoms with Crippen LogP contribution in [-0.4, -0.2) is 62.3 Å². The van der Waals surface area contributed by atoms with E-state index in [2.05, 4.69) is 71.3 Å². The lowest BCUT2D eigenvalue weighted by Gasteiger charge is -2.37. The third-order valence-corrected chi connectivity index (χ3v) is 11.7. The summed E-state index contributed by atoms with van der Waals surface area (Å²) < 4.78 is 23.9. The first-order chi connectivity index (χ1) is 30.9. The number of alkyl carbamates (subject to hydrolysis) is 1. The van der Waals surface area contributed by atoms with Crippen LogP contribution in [0.5, 0.6) is 5.75 Å². The minimum absolute atomic E-state index is 0.0353. The van der Waals surface area contributed by atoms with Crippen LogP contribution in [0.4, 0.5) is 10.5 Å². The molecular weight excluding hydrogens is 793 g/mol. The second-order valence-electron chi connectivity index (χ2n) is 15.6. The fraction of sp³-hybridized carbons (Fsp3) is 0.226. The molecule has 6 aromatic carbocycles. The standard InChI is InChI=1S/C53H50N2O8/c1-60-52(58)51-44(42-24-12-13-25-43(42)50(36-16-4-2-5-17-36)37-18-6-3-7-19-37)27-29-49(63-51)62-47-28-26-35(15-14-32-56)33-46(47)55-48(57)30-31-54-53(59)61-34-45-40-22-10-8-20-38(40)39-21-9-11-23-41(39)45/h2-26,28,33,44-45,49-51,56H,27,29-32,34H2,1H3,(H,54,59)(H,55,57)/b15-14+/t44-,49+,51-/m0/s1. The maximum Gasteiger partial charge on any atom is 0.407 e. The molecule has 0 aromatic heterocycles. The molecule has 8 rings (SSSR count). The van der Waals surface area contributed by atoms with Crippen molar-refractivity contribution in [3.63, 3.8) is 0 Å². The molecule has 0 spiro atoms. The van der Waals surface area contributed by atoms with Gasteiger partial charge >= 0.3 is 12.1 Å². The van der Waals surface area contributed by atoms with E-state index in [9.17, 15) is 19.5 Å². The number of fused-ring (bicyclic) bond motifs is 3. The van der Waals surface area contributed by atoms with Gasteiger partial charge in [0.05, 0.1) is 19.4 Å². The highest BCUT2D eigenvalue weighted by Crippen LogP contribution is 2.45. The Morgan fingerprint density at radius 2 is 1.38 bits per heavy atom. The largest absolute Gasteiger partial charge is 0.467 e. The third-order valence-electron chi connectivity index (χ3n) is 11.7. The summed E-state index contributed by atoms with van der Waals surface area (Å²) in [6.45, 7) is 0.0395. The van der Waals surface area contributed by atoms with E-state index < -0.39 is 24.5 Å². The van der Waals surface area contributed by atoms with Gasteiger partial charge in [0.25, 0.3) is 0 Å². The number of esters is 1. The number of hydrogen-bond donors (Lipinski definition) is 3. The number of benzene rings is 6.